The summed E-state index contributed by atoms with van der Waals surface area (Å²) in [7, 11) is 3.71. The third-order valence-electron chi connectivity index (χ3n) is 2.06. The van der Waals surface area contributed by atoms with Crippen LogP contribution in [0.25, 0.3) is 0 Å². The Kier molecular flexibility index (Phi) is 1.45. The number of rotatable bonds is 0. The minimum Gasteiger partial charge on any atom is -0.369 e. The molecule has 0 aliphatic carbocycles. The molecule has 6 nitrogen and oxygen atoms in total. The van der Waals surface area contributed by atoms with Gasteiger partial charge in [-0.2, -0.15) is 4.98 Å². The van der Waals surface area contributed by atoms with E-state index >= 15 is 0 Å². The maximum absolute atomic E-state index is 11.4. The number of nitrogens with zero attached hydrogens (tertiary/aromatic N) is 3. The molecule has 2 rings (SSSR count). The fourth-order valence-corrected chi connectivity index (χ4v) is 1.54. The molecular formula is C7H11N5O. The van der Waals surface area contributed by atoms with E-state index in [2.05, 4.69) is 9.97 Å². The van der Waals surface area contributed by atoms with E-state index in [1.807, 2.05) is 23.9 Å². The Morgan fingerprint density at radius 3 is 2.85 bits per heavy atom. The predicted molar refractivity (Wildman–Crippen MR) is 50.9 cm³/mol. The topological polar surface area (TPSA) is 78.2 Å². The second kappa shape index (κ2) is 2.38. The van der Waals surface area contributed by atoms with Crippen LogP contribution in [0.2, 0.25) is 0 Å². The lowest BCUT2D eigenvalue weighted by Gasteiger charge is -2.10. The SMILES string of the molecule is CN1CN(C)c2c1nc(N)[nH]c2=O. The number of anilines is 3. The van der Waals surface area contributed by atoms with Crippen LogP contribution >= 0.6 is 0 Å². The fourth-order valence-electron chi connectivity index (χ4n) is 1.54. The van der Waals surface area contributed by atoms with Gasteiger partial charge in [0.1, 0.15) is 5.69 Å². The van der Waals surface area contributed by atoms with Gasteiger partial charge >= 0.3 is 0 Å². The Morgan fingerprint density at radius 2 is 2.15 bits per heavy atom. The minimum atomic E-state index is -0.186. The van der Waals surface area contributed by atoms with Crippen LogP contribution in [-0.4, -0.2) is 30.7 Å². The van der Waals surface area contributed by atoms with Crippen LogP contribution in [0.3, 0.4) is 0 Å². The van der Waals surface area contributed by atoms with E-state index in [-0.39, 0.29) is 11.5 Å². The number of hydrogen-bond acceptors (Lipinski definition) is 5. The lowest BCUT2D eigenvalue weighted by Crippen LogP contribution is -2.25. The van der Waals surface area contributed by atoms with E-state index < -0.39 is 0 Å². The molecule has 0 atom stereocenters. The molecule has 0 saturated heterocycles. The molecule has 0 unspecified atom stereocenters. The summed E-state index contributed by atoms with van der Waals surface area (Å²) in [6.07, 6.45) is 0. The van der Waals surface area contributed by atoms with Crippen molar-refractivity contribution in [2.24, 2.45) is 0 Å². The number of aromatic nitrogens is 2. The lowest BCUT2D eigenvalue weighted by molar-refractivity contribution is 0.907. The Labute approximate surface area is 75.0 Å². The van der Waals surface area contributed by atoms with Crippen molar-refractivity contribution in [3.05, 3.63) is 10.4 Å². The number of hydrogen-bond donors (Lipinski definition) is 2. The highest BCUT2D eigenvalue weighted by Gasteiger charge is 2.25. The first-order valence-electron chi connectivity index (χ1n) is 3.91. The van der Waals surface area contributed by atoms with Crippen LogP contribution < -0.4 is 21.1 Å². The molecule has 0 radical (unpaired) electrons. The van der Waals surface area contributed by atoms with Crippen LogP contribution in [-0.2, 0) is 0 Å². The minimum absolute atomic E-state index is 0.158. The molecule has 0 bridgehead atoms. The summed E-state index contributed by atoms with van der Waals surface area (Å²) < 4.78 is 0. The lowest BCUT2D eigenvalue weighted by atomic mass is 10.4. The number of nitrogens with one attached hydrogen (secondary N) is 1. The van der Waals surface area contributed by atoms with Crippen molar-refractivity contribution in [1.29, 1.82) is 0 Å². The molecule has 1 aromatic heterocycles. The monoisotopic (exact) mass is 181 g/mol. The van der Waals surface area contributed by atoms with Gasteiger partial charge in [-0.3, -0.25) is 9.78 Å². The Hall–Kier alpha value is -1.72. The van der Waals surface area contributed by atoms with Crippen LogP contribution in [0.4, 0.5) is 17.5 Å². The van der Waals surface area contributed by atoms with Gasteiger partial charge in [-0.25, -0.2) is 0 Å². The van der Waals surface area contributed by atoms with Gasteiger partial charge in [0.2, 0.25) is 5.95 Å². The molecule has 13 heavy (non-hydrogen) atoms. The molecule has 0 fully saturated rings. The molecule has 1 aromatic rings. The first kappa shape index (κ1) is 7.90. The molecule has 0 aromatic carbocycles. The van der Waals surface area contributed by atoms with Gasteiger partial charge in [-0.05, 0) is 0 Å². The van der Waals surface area contributed by atoms with Crippen molar-refractivity contribution in [3.63, 3.8) is 0 Å². The van der Waals surface area contributed by atoms with Crippen molar-refractivity contribution in [2.75, 3.05) is 36.3 Å². The summed E-state index contributed by atoms with van der Waals surface area (Å²) in [4.78, 5) is 21.7. The van der Waals surface area contributed by atoms with Crippen molar-refractivity contribution in [3.8, 4) is 0 Å². The molecule has 0 saturated carbocycles. The van der Waals surface area contributed by atoms with Crippen molar-refractivity contribution < 1.29 is 0 Å². The largest absolute Gasteiger partial charge is 0.369 e. The van der Waals surface area contributed by atoms with E-state index in [4.69, 9.17) is 5.73 Å². The maximum atomic E-state index is 11.4. The number of nitrogens with two attached hydrogens (primary N) is 1. The highest BCUT2D eigenvalue weighted by atomic mass is 16.1. The standard InChI is InChI=1S/C7H11N5O/c1-11-3-12(2)5-4(11)6(13)10-7(8)9-5/h3H2,1-2H3,(H3,8,9,10,13). The van der Waals surface area contributed by atoms with E-state index in [1.165, 1.54) is 0 Å². The van der Waals surface area contributed by atoms with Gasteiger partial charge < -0.3 is 15.5 Å². The van der Waals surface area contributed by atoms with Crippen molar-refractivity contribution >= 4 is 17.5 Å². The average molecular weight is 181 g/mol. The second-order valence-corrected chi connectivity index (χ2v) is 3.16. The van der Waals surface area contributed by atoms with E-state index in [1.54, 1.807) is 0 Å². The van der Waals surface area contributed by atoms with Crippen LogP contribution in [0.1, 0.15) is 0 Å². The molecular weight excluding hydrogens is 170 g/mol. The Balaban J connectivity index is 2.70. The molecule has 3 N–H and O–H groups in total. The summed E-state index contributed by atoms with van der Waals surface area (Å²) >= 11 is 0. The number of nitrogen functional groups attached to an aromatic ring is 1. The van der Waals surface area contributed by atoms with Gasteiger partial charge in [0.15, 0.2) is 5.82 Å². The summed E-state index contributed by atoms with van der Waals surface area (Å²) in [5, 5.41) is 0. The molecule has 1 aliphatic heterocycles. The highest BCUT2D eigenvalue weighted by molar-refractivity contribution is 5.71. The van der Waals surface area contributed by atoms with E-state index in [0.717, 1.165) is 0 Å². The fraction of sp³-hybridized carbons (Fsp3) is 0.429. The number of aromatic amines is 1. The Morgan fingerprint density at radius 1 is 1.46 bits per heavy atom. The third kappa shape index (κ3) is 1.02. The summed E-state index contributed by atoms with van der Waals surface area (Å²) in [5.41, 5.74) is 5.82. The first-order chi connectivity index (χ1) is 6.09. The van der Waals surface area contributed by atoms with Gasteiger partial charge in [-0.15, -0.1) is 0 Å². The molecule has 0 spiro atoms. The van der Waals surface area contributed by atoms with Crippen LogP contribution in [0, 0.1) is 0 Å². The van der Waals surface area contributed by atoms with E-state index in [9.17, 15) is 4.79 Å². The third-order valence-corrected chi connectivity index (χ3v) is 2.06. The summed E-state index contributed by atoms with van der Waals surface area (Å²) in [6, 6.07) is 0. The Bertz CT molecular complexity index is 398. The molecule has 0 amide bonds. The number of fused-ring (bicyclic) bond motifs is 1. The molecule has 1 aliphatic rings. The van der Waals surface area contributed by atoms with Crippen LogP contribution in [0.5, 0.6) is 0 Å². The zero-order valence-electron chi connectivity index (χ0n) is 7.53. The van der Waals surface area contributed by atoms with Gasteiger partial charge in [0.05, 0.1) is 6.67 Å². The van der Waals surface area contributed by atoms with E-state index in [0.29, 0.717) is 18.2 Å². The maximum Gasteiger partial charge on any atom is 0.278 e. The summed E-state index contributed by atoms with van der Waals surface area (Å²) in [6.45, 7) is 0.662. The van der Waals surface area contributed by atoms with Crippen LogP contribution in [0.15, 0.2) is 4.79 Å². The van der Waals surface area contributed by atoms with Gasteiger partial charge in [-0.1, -0.05) is 0 Å². The number of H-pyrrole nitrogens is 1. The van der Waals surface area contributed by atoms with Crippen molar-refractivity contribution in [1.82, 2.24) is 9.97 Å². The predicted octanol–water partition coefficient (Wildman–Crippen LogP) is -0.804. The zero-order chi connectivity index (χ0) is 9.59. The molecule has 70 valence electrons. The zero-order valence-corrected chi connectivity index (χ0v) is 7.53. The van der Waals surface area contributed by atoms with Gasteiger partial charge in [0, 0.05) is 14.1 Å². The second-order valence-electron chi connectivity index (χ2n) is 3.16. The molecule has 6 heteroatoms. The quantitative estimate of drug-likeness (QED) is 0.547. The van der Waals surface area contributed by atoms with Gasteiger partial charge in [0.25, 0.3) is 5.56 Å². The molecule has 2 heterocycles. The summed E-state index contributed by atoms with van der Waals surface area (Å²) in [5.74, 6) is 0.801. The smallest absolute Gasteiger partial charge is 0.278 e. The highest BCUT2D eigenvalue weighted by Crippen LogP contribution is 2.27. The van der Waals surface area contributed by atoms with Crippen molar-refractivity contribution in [2.45, 2.75) is 0 Å². The normalized spacial score (nSPS) is 14.9. The first-order valence-corrected chi connectivity index (χ1v) is 3.91. The average Bonchev–Trinajstić information content (AvgIpc) is 2.27.